The molecule has 0 radical (unpaired) electrons. The van der Waals surface area contributed by atoms with Crippen molar-refractivity contribution >= 4 is 0 Å². The number of nitriles is 1. The Balaban J connectivity index is 1.64. The van der Waals surface area contributed by atoms with Crippen molar-refractivity contribution in [3.63, 3.8) is 0 Å². The minimum Gasteiger partial charge on any atom is -0.347 e. The third kappa shape index (κ3) is 1.67. The summed E-state index contributed by atoms with van der Waals surface area (Å²) in [4.78, 5) is 0. The molecule has 0 N–H and O–H groups in total. The number of rotatable bonds is 0. The van der Waals surface area contributed by atoms with E-state index in [-0.39, 0.29) is 0 Å². The van der Waals surface area contributed by atoms with E-state index in [0.717, 1.165) is 19.3 Å². The molecule has 104 valence electrons. The lowest BCUT2D eigenvalue weighted by Gasteiger charge is -2.42. The molecule has 0 bridgehead atoms. The molecule has 4 rings (SSSR count). The molecule has 5 heteroatoms. The van der Waals surface area contributed by atoms with E-state index in [9.17, 15) is 5.26 Å². The maximum Gasteiger partial charge on any atom is 0.170 e. The summed E-state index contributed by atoms with van der Waals surface area (Å²) in [6.07, 6.45) is 4.02. The molecule has 0 aromatic heterocycles. The van der Waals surface area contributed by atoms with Gasteiger partial charge in [-0.2, -0.15) is 5.26 Å². The van der Waals surface area contributed by atoms with Crippen molar-refractivity contribution in [2.45, 2.75) is 43.7 Å². The van der Waals surface area contributed by atoms with E-state index in [4.69, 9.17) is 18.9 Å². The molecule has 0 amide bonds. The summed E-state index contributed by atoms with van der Waals surface area (Å²) >= 11 is 0. The van der Waals surface area contributed by atoms with Crippen LogP contribution < -0.4 is 0 Å². The largest absolute Gasteiger partial charge is 0.347 e. The lowest BCUT2D eigenvalue weighted by Crippen LogP contribution is -2.44. The molecule has 0 aromatic rings. The van der Waals surface area contributed by atoms with Crippen molar-refractivity contribution in [3.8, 4) is 6.07 Å². The Labute approximate surface area is 112 Å². The summed E-state index contributed by atoms with van der Waals surface area (Å²) in [5.41, 5.74) is -0.410. The monoisotopic (exact) mass is 265 g/mol. The van der Waals surface area contributed by atoms with Crippen molar-refractivity contribution in [3.05, 3.63) is 0 Å². The van der Waals surface area contributed by atoms with Crippen LogP contribution >= 0.6 is 0 Å². The van der Waals surface area contributed by atoms with Gasteiger partial charge < -0.3 is 18.9 Å². The van der Waals surface area contributed by atoms with E-state index in [2.05, 4.69) is 6.07 Å². The Morgan fingerprint density at radius 3 is 2.11 bits per heavy atom. The Morgan fingerprint density at radius 2 is 1.47 bits per heavy atom. The topological polar surface area (TPSA) is 60.7 Å². The first kappa shape index (κ1) is 12.1. The van der Waals surface area contributed by atoms with Crippen LogP contribution in [0.2, 0.25) is 0 Å². The zero-order valence-electron chi connectivity index (χ0n) is 11.0. The van der Waals surface area contributed by atoms with Gasteiger partial charge in [0.2, 0.25) is 0 Å². The number of hydrogen-bond acceptors (Lipinski definition) is 5. The van der Waals surface area contributed by atoms with E-state index in [1.807, 2.05) is 0 Å². The molecule has 2 aliphatic heterocycles. The molecule has 2 aliphatic carbocycles. The van der Waals surface area contributed by atoms with Gasteiger partial charge >= 0.3 is 0 Å². The minimum atomic E-state index is -0.517. The van der Waals surface area contributed by atoms with Crippen molar-refractivity contribution < 1.29 is 18.9 Å². The smallest absolute Gasteiger partial charge is 0.170 e. The highest BCUT2D eigenvalue weighted by Gasteiger charge is 2.63. The summed E-state index contributed by atoms with van der Waals surface area (Å²) < 4.78 is 23.3. The Bertz CT molecular complexity index is 410. The third-order valence-corrected chi connectivity index (χ3v) is 5.23. The van der Waals surface area contributed by atoms with Crippen LogP contribution in [-0.4, -0.2) is 38.0 Å². The zero-order chi connectivity index (χ0) is 13.0. The summed E-state index contributed by atoms with van der Waals surface area (Å²) in [6, 6.07) is 2.56. The Hall–Kier alpha value is -0.670. The van der Waals surface area contributed by atoms with Crippen LogP contribution in [0.5, 0.6) is 0 Å². The van der Waals surface area contributed by atoms with E-state index >= 15 is 0 Å². The van der Waals surface area contributed by atoms with Gasteiger partial charge in [-0.05, 0) is 12.3 Å². The van der Waals surface area contributed by atoms with Gasteiger partial charge in [-0.25, -0.2) is 0 Å². The first-order chi connectivity index (χ1) is 9.20. The van der Waals surface area contributed by atoms with E-state index < -0.39 is 17.0 Å². The van der Waals surface area contributed by atoms with Gasteiger partial charge in [-0.1, -0.05) is 0 Å². The van der Waals surface area contributed by atoms with Crippen LogP contribution in [-0.2, 0) is 18.9 Å². The van der Waals surface area contributed by atoms with Crippen molar-refractivity contribution in [1.29, 1.82) is 5.26 Å². The Morgan fingerprint density at radius 1 is 0.895 bits per heavy atom. The van der Waals surface area contributed by atoms with Crippen LogP contribution in [0, 0.1) is 22.7 Å². The number of nitrogens with zero attached hydrogens (tertiary/aromatic N) is 1. The second kappa shape index (κ2) is 3.92. The van der Waals surface area contributed by atoms with Gasteiger partial charge in [0.15, 0.2) is 11.6 Å². The summed E-state index contributed by atoms with van der Waals surface area (Å²) in [7, 11) is 0. The van der Waals surface area contributed by atoms with Crippen molar-refractivity contribution in [2.24, 2.45) is 11.3 Å². The molecule has 19 heavy (non-hydrogen) atoms. The maximum atomic E-state index is 9.77. The standard InChI is InChI=1S/C14H19NO4/c15-10-12-8-13(16-3-4-17-13)2-1-11(12)7-14(9-12)18-5-6-19-14/h11H,1-9H2/t11-,12+/m1/s1. The van der Waals surface area contributed by atoms with Gasteiger partial charge in [0.05, 0.1) is 37.9 Å². The molecular formula is C14H19NO4. The molecule has 2 saturated carbocycles. The van der Waals surface area contributed by atoms with Crippen LogP contribution in [0.3, 0.4) is 0 Å². The fourth-order valence-corrected chi connectivity index (χ4v) is 4.45. The number of fused-ring (bicyclic) bond motifs is 1. The molecule has 0 aromatic carbocycles. The third-order valence-electron chi connectivity index (χ3n) is 5.23. The lowest BCUT2D eigenvalue weighted by molar-refractivity contribution is -0.203. The molecule has 4 fully saturated rings. The quantitative estimate of drug-likeness (QED) is 0.665. The zero-order valence-corrected chi connectivity index (χ0v) is 11.0. The summed E-state index contributed by atoms with van der Waals surface area (Å²) in [6.45, 7) is 2.58. The molecule has 2 heterocycles. The second-order valence-electron chi connectivity index (χ2n) is 6.28. The van der Waals surface area contributed by atoms with Crippen LogP contribution in [0.4, 0.5) is 0 Å². The molecule has 2 saturated heterocycles. The van der Waals surface area contributed by atoms with Gasteiger partial charge in [0.25, 0.3) is 0 Å². The Kier molecular flexibility index (Phi) is 2.50. The van der Waals surface area contributed by atoms with Crippen molar-refractivity contribution in [1.82, 2.24) is 0 Å². The minimum absolute atomic E-state index is 0.342. The summed E-state index contributed by atoms with van der Waals surface area (Å²) in [5.74, 6) is -0.685. The van der Waals surface area contributed by atoms with Crippen molar-refractivity contribution in [2.75, 3.05) is 26.4 Å². The van der Waals surface area contributed by atoms with E-state index in [1.54, 1.807) is 0 Å². The van der Waals surface area contributed by atoms with E-state index in [0.29, 0.717) is 45.2 Å². The van der Waals surface area contributed by atoms with E-state index in [1.165, 1.54) is 0 Å². The number of hydrogen-bond donors (Lipinski definition) is 0. The van der Waals surface area contributed by atoms with Gasteiger partial charge in [0, 0.05) is 25.7 Å². The lowest BCUT2D eigenvalue weighted by atomic mass is 9.67. The molecular weight excluding hydrogens is 246 g/mol. The number of ether oxygens (including phenoxy) is 4. The predicted molar refractivity (Wildman–Crippen MR) is 63.9 cm³/mol. The van der Waals surface area contributed by atoms with Gasteiger partial charge in [-0.3, -0.25) is 0 Å². The fourth-order valence-electron chi connectivity index (χ4n) is 4.45. The molecule has 4 aliphatic rings. The molecule has 2 atom stereocenters. The van der Waals surface area contributed by atoms with Gasteiger partial charge in [-0.15, -0.1) is 0 Å². The predicted octanol–water partition coefficient (Wildman–Crippen LogP) is 1.58. The molecule has 0 unspecified atom stereocenters. The highest BCUT2D eigenvalue weighted by Crippen LogP contribution is 2.61. The normalized spacial score (nSPS) is 42.6. The second-order valence-corrected chi connectivity index (χ2v) is 6.28. The average molecular weight is 265 g/mol. The van der Waals surface area contributed by atoms with Crippen LogP contribution in [0.15, 0.2) is 0 Å². The molecule has 2 spiro atoms. The SMILES string of the molecule is N#C[C@@]12CC3(CC[C@@H]1CC1(C2)OCCO1)OCCO3. The van der Waals surface area contributed by atoms with Gasteiger partial charge in [0.1, 0.15) is 0 Å². The highest BCUT2D eigenvalue weighted by molar-refractivity contribution is 5.16. The maximum absolute atomic E-state index is 9.77. The molecule has 5 nitrogen and oxygen atoms in total. The first-order valence-corrected chi connectivity index (χ1v) is 7.17. The van der Waals surface area contributed by atoms with Crippen LogP contribution in [0.1, 0.15) is 32.1 Å². The first-order valence-electron chi connectivity index (χ1n) is 7.17. The summed E-state index contributed by atoms with van der Waals surface area (Å²) in [5, 5.41) is 9.77. The average Bonchev–Trinajstić information content (AvgIpc) is 3.11. The van der Waals surface area contributed by atoms with Crippen LogP contribution in [0.25, 0.3) is 0 Å². The fraction of sp³-hybridized carbons (Fsp3) is 0.929. The highest BCUT2D eigenvalue weighted by atomic mass is 16.7.